The minimum atomic E-state index is -0.269. The Hall–Kier alpha value is -1.99. The predicted molar refractivity (Wildman–Crippen MR) is 95.1 cm³/mol. The fourth-order valence-corrected chi connectivity index (χ4v) is 5.28. The van der Waals surface area contributed by atoms with Crippen molar-refractivity contribution in [3.05, 3.63) is 29.3 Å². The number of piperazine rings is 1. The van der Waals surface area contributed by atoms with Gasteiger partial charge >= 0.3 is 0 Å². The molecule has 3 fully saturated rings. The Morgan fingerprint density at radius 1 is 1.16 bits per heavy atom. The molecule has 2 amide bonds. The molecule has 3 aliphatic heterocycles. The van der Waals surface area contributed by atoms with Crippen LogP contribution in [0.15, 0.2) is 24.3 Å². The molecule has 1 aromatic carbocycles. The highest BCUT2D eigenvalue weighted by atomic mass is 32.1. The Morgan fingerprint density at radius 3 is 2.88 bits per heavy atom. The maximum absolute atomic E-state index is 12.7. The Balaban J connectivity index is 1.27. The normalized spacial score (nSPS) is 28.7. The highest BCUT2D eigenvalue weighted by Gasteiger charge is 2.51. The number of aromatic nitrogens is 1. The topological polar surface area (TPSA) is 65.5 Å². The molecule has 0 radical (unpaired) electrons. The van der Waals surface area contributed by atoms with E-state index in [0.717, 1.165) is 29.9 Å². The number of thiazole rings is 1. The number of fused-ring (bicyclic) bond motifs is 3. The van der Waals surface area contributed by atoms with Crippen molar-refractivity contribution in [3.63, 3.8) is 0 Å². The van der Waals surface area contributed by atoms with Crippen LogP contribution in [0.2, 0.25) is 0 Å². The van der Waals surface area contributed by atoms with Crippen LogP contribution in [0.4, 0.5) is 0 Å². The van der Waals surface area contributed by atoms with Crippen molar-refractivity contribution in [3.8, 4) is 0 Å². The van der Waals surface area contributed by atoms with E-state index in [1.165, 1.54) is 4.70 Å². The number of carbonyl (C=O) groups is 2. The SMILES string of the molecule is O=C1[C@@H]2C[C@H](NCc3nc4ccccc4s3)CN2C(=O)[C@H]2CCCN12. The van der Waals surface area contributed by atoms with Crippen LogP contribution >= 0.6 is 11.3 Å². The molecule has 0 unspecified atom stereocenters. The van der Waals surface area contributed by atoms with Gasteiger partial charge in [0.15, 0.2) is 0 Å². The van der Waals surface area contributed by atoms with Gasteiger partial charge in [0.2, 0.25) is 11.8 Å². The van der Waals surface area contributed by atoms with Gasteiger partial charge in [-0.15, -0.1) is 11.3 Å². The lowest BCUT2D eigenvalue weighted by molar-refractivity contribution is -0.156. The summed E-state index contributed by atoms with van der Waals surface area (Å²) in [6.07, 6.45) is 2.47. The molecular formula is C18H20N4O2S. The van der Waals surface area contributed by atoms with E-state index in [4.69, 9.17) is 0 Å². The number of rotatable bonds is 3. The third-order valence-corrected chi connectivity index (χ3v) is 6.61. The van der Waals surface area contributed by atoms with E-state index < -0.39 is 0 Å². The molecule has 3 saturated heterocycles. The molecule has 7 heteroatoms. The van der Waals surface area contributed by atoms with E-state index in [1.54, 1.807) is 16.2 Å². The standard InChI is InChI=1S/C18H20N4O2S/c23-17-13-5-3-7-21(13)18(24)14-8-11(10-22(14)17)19-9-16-20-12-4-1-2-6-15(12)25-16/h1-2,4,6,11,13-14,19H,3,5,7-10H2/t11-,13+,14-/m0/s1. The molecule has 5 rings (SSSR count). The number of amides is 2. The smallest absolute Gasteiger partial charge is 0.246 e. The first-order valence-electron chi connectivity index (χ1n) is 8.89. The van der Waals surface area contributed by atoms with E-state index >= 15 is 0 Å². The van der Waals surface area contributed by atoms with Gasteiger partial charge in [0.05, 0.1) is 10.2 Å². The molecule has 0 aliphatic carbocycles. The lowest BCUT2D eigenvalue weighted by Crippen LogP contribution is -2.60. The van der Waals surface area contributed by atoms with Gasteiger partial charge in [-0.1, -0.05) is 12.1 Å². The van der Waals surface area contributed by atoms with E-state index in [-0.39, 0.29) is 29.9 Å². The molecule has 0 spiro atoms. The zero-order valence-electron chi connectivity index (χ0n) is 13.9. The number of hydrogen-bond donors (Lipinski definition) is 1. The molecule has 130 valence electrons. The maximum Gasteiger partial charge on any atom is 0.246 e. The molecule has 3 aliphatic rings. The van der Waals surface area contributed by atoms with Crippen LogP contribution in [-0.2, 0) is 16.1 Å². The lowest BCUT2D eigenvalue weighted by Gasteiger charge is -2.38. The number of nitrogens with one attached hydrogen (secondary N) is 1. The molecule has 0 saturated carbocycles. The van der Waals surface area contributed by atoms with Gasteiger partial charge in [0.1, 0.15) is 17.1 Å². The maximum atomic E-state index is 12.7. The fourth-order valence-electron chi connectivity index (χ4n) is 4.36. The zero-order valence-corrected chi connectivity index (χ0v) is 14.7. The second-order valence-corrected chi connectivity index (χ2v) is 8.20. The minimum Gasteiger partial charge on any atom is -0.329 e. The van der Waals surface area contributed by atoms with Crippen LogP contribution in [0.25, 0.3) is 10.2 Å². The molecule has 25 heavy (non-hydrogen) atoms. The highest BCUT2D eigenvalue weighted by molar-refractivity contribution is 7.18. The van der Waals surface area contributed by atoms with Gasteiger partial charge < -0.3 is 15.1 Å². The fraction of sp³-hybridized carbons (Fsp3) is 0.500. The van der Waals surface area contributed by atoms with Gasteiger partial charge in [-0.3, -0.25) is 9.59 Å². The summed E-state index contributed by atoms with van der Waals surface area (Å²) in [6.45, 7) is 2.05. The second-order valence-electron chi connectivity index (χ2n) is 7.08. The summed E-state index contributed by atoms with van der Waals surface area (Å²) in [4.78, 5) is 33.6. The van der Waals surface area contributed by atoms with Crippen LogP contribution in [0.3, 0.4) is 0 Å². The van der Waals surface area contributed by atoms with E-state index in [2.05, 4.69) is 16.4 Å². The first-order valence-corrected chi connectivity index (χ1v) is 9.71. The average Bonchev–Trinajstić information content (AvgIpc) is 3.34. The van der Waals surface area contributed by atoms with Crippen molar-refractivity contribution >= 4 is 33.4 Å². The molecule has 0 bridgehead atoms. The minimum absolute atomic E-state index is 0.145. The van der Waals surface area contributed by atoms with Crippen LogP contribution in [0.1, 0.15) is 24.3 Å². The largest absolute Gasteiger partial charge is 0.329 e. The summed E-state index contributed by atoms with van der Waals surface area (Å²) < 4.78 is 1.19. The number of para-hydroxylation sites is 1. The Labute approximate surface area is 149 Å². The van der Waals surface area contributed by atoms with Crippen molar-refractivity contribution in [1.29, 1.82) is 0 Å². The molecule has 3 atom stereocenters. The first kappa shape index (κ1) is 15.3. The summed E-state index contributed by atoms with van der Waals surface area (Å²) in [6, 6.07) is 7.81. The van der Waals surface area contributed by atoms with Crippen LogP contribution in [-0.4, -0.2) is 57.8 Å². The predicted octanol–water partition coefficient (Wildman–Crippen LogP) is 1.36. The zero-order chi connectivity index (χ0) is 17.0. The van der Waals surface area contributed by atoms with Crippen LogP contribution < -0.4 is 5.32 Å². The summed E-state index contributed by atoms with van der Waals surface area (Å²) in [5.41, 5.74) is 1.03. The van der Waals surface area contributed by atoms with Crippen molar-refractivity contribution in [2.45, 2.75) is 43.9 Å². The highest BCUT2D eigenvalue weighted by Crippen LogP contribution is 2.32. The second kappa shape index (κ2) is 5.78. The number of nitrogens with zero attached hydrogens (tertiary/aromatic N) is 3. The third-order valence-electron chi connectivity index (χ3n) is 5.57. The van der Waals surface area contributed by atoms with Crippen LogP contribution in [0, 0.1) is 0 Å². The molecular weight excluding hydrogens is 336 g/mol. The lowest BCUT2D eigenvalue weighted by atomic mass is 10.1. The number of benzene rings is 1. The third kappa shape index (κ3) is 2.45. The van der Waals surface area contributed by atoms with Gasteiger partial charge in [-0.05, 0) is 31.4 Å². The van der Waals surface area contributed by atoms with Crippen molar-refractivity contribution in [2.24, 2.45) is 0 Å². The summed E-state index contributed by atoms with van der Waals surface area (Å²) in [5.74, 6) is 0.290. The van der Waals surface area contributed by atoms with Crippen molar-refractivity contribution in [1.82, 2.24) is 20.1 Å². The van der Waals surface area contributed by atoms with Crippen molar-refractivity contribution in [2.75, 3.05) is 13.1 Å². The Kier molecular flexibility index (Phi) is 3.53. The van der Waals surface area contributed by atoms with Gasteiger partial charge in [-0.2, -0.15) is 0 Å². The quantitative estimate of drug-likeness (QED) is 0.902. The van der Waals surface area contributed by atoms with Gasteiger partial charge in [0, 0.05) is 25.7 Å². The first-order chi connectivity index (χ1) is 12.2. The Bertz CT molecular complexity index is 787. The summed E-state index contributed by atoms with van der Waals surface area (Å²) in [7, 11) is 0. The summed E-state index contributed by atoms with van der Waals surface area (Å²) >= 11 is 1.69. The van der Waals surface area contributed by atoms with Crippen molar-refractivity contribution < 1.29 is 9.59 Å². The van der Waals surface area contributed by atoms with Gasteiger partial charge in [-0.25, -0.2) is 4.98 Å². The summed E-state index contributed by atoms with van der Waals surface area (Å²) in [5, 5.41) is 4.55. The molecule has 1 aromatic heterocycles. The monoisotopic (exact) mass is 356 g/mol. The molecule has 6 nitrogen and oxygen atoms in total. The average molecular weight is 356 g/mol. The molecule has 2 aromatic rings. The Morgan fingerprint density at radius 2 is 2.00 bits per heavy atom. The van der Waals surface area contributed by atoms with E-state index in [0.29, 0.717) is 19.5 Å². The molecule has 4 heterocycles. The van der Waals surface area contributed by atoms with Gasteiger partial charge in [0.25, 0.3) is 0 Å². The number of carbonyl (C=O) groups excluding carboxylic acids is 2. The molecule has 1 N–H and O–H groups in total. The van der Waals surface area contributed by atoms with E-state index in [9.17, 15) is 9.59 Å². The van der Waals surface area contributed by atoms with E-state index in [1.807, 2.05) is 23.1 Å². The number of hydrogen-bond acceptors (Lipinski definition) is 5. The van der Waals surface area contributed by atoms with Crippen LogP contribution in [0.5, 0.6) is 0 Å².